The molecule has 7 heteroatoms. The van der Waals surface area contributed by atoms with Crippen molar-refractivity contribution in [3.63, 3.8) is 0 Å². The zero-order valence-electron chi connectivity index (χ0n) is 15.7. The molecule has 0 aliphatic carbocycles. The Bertz CT molecular complexity index is 1110. The Labute approximate surface area is 166 Å². The van der Waals surface area contributed by atoms with E-state index in [1.807, 2.05) is 38.4 Å². The minimum atomic E-state index is -0.672. The highest BCUT2D eigenvalue weighted by atomic mass is 32.1. The highest BCUT2D eigenvalue weighted by Gasteiger charge is 2.12. The third-order valence-corrected chi connectivity index (χ3v) is 4.80. The van der Waals surface area contributed by atoms with Gasteiger partial charge in [-0.2, -0.15) is 0 Å². The largest absolute Gasteiger partial charge is 0.306 e. The fraction of sp³-hybridized carbons (Fsp3) is 0.143. The smallest absolute Gasteiger partial charge is 0.259 e. The molecule has 0 atom stereocenters. The van der Waals surface area contributed by atoms with Crippen LogP contribution < -0.4 is 5.32 Å². The number of amides is 1. The number of halogens is 1. The summed E-state index contributed by atoms with van der Waals surface area (Å²) >= 11 is 1.60. The molecule has 3 aromatic heterocycles. The maximum atomic E-state index is 13.6. The van der Waals surface area contributed by atoms with E-state index in [9.17, 15) is 9.18 Å². The maximum absolute atomic E-state index is 13.6. The van der Waals surface area contributed by atoms with E-state index < -0.39 is 11.7 Å². The minimum Gasteiger partial charge on any atom is -0.306 e. The van der Waals surface area contributed by atoms with Gasteiger partial charge >= 0.3 is 0 Å². The second-order valence-electron chi connectivity index (χ2n) is 5.73. The third-order valence-electron chi connectivity index (χ3n) is 4.01. The summed E-state index contributed by atoms with van der Waals surface area (Å²) in [6.07, 6.45) is 4.05. The van der Waals surface area contributed by atoms with Gasteiger partial charge in [-0.15, -0.1) is 11.3 Å². The number of rotatable bonds is 3. The van der Waals surface area contributed by atoms with Gasteiger partial charge in [-0.25, -0.2) is 14.4 Å². The van der Waals surface area contributed by atoms with E-state index in [4.69, 9.17) is 0 Å². The molecule has 1 N–H and O–H groups in total. The third kappa shape index (κ3) is 4.04. The Balaban J connectivity index is 0.00000109. The summed E-state index contributed by atoms with van der Waals surface area (Å²) in [5, 5.41) is 2.59. The number of anilines is 1. The molecule has 0 bridgehead atoms. The number of hydrogen-bond acceptors (Lipinski definition) is 5. The summed E-state index contributed by atoms with van der Waals surface area (Å²) in [5.74, 6) is -0.888. The van der Waals surface area contributed by atoms with Gasteiger partial charge in [0.05, 0.1) is 27.5 Å². The molecule has 0 aliphatic rings. The average Bonchev–Trinajstić information content (AvgIpc) is 3.17. The van der Waals surface area contributed by atoms with Gasteiger partial charge in [0.15, 0.2) is 5.82 Å². The zero-order chi connectivity index (χ0) is 20.1. The second kappa shape index (κ2) is 8.67. The first kappa shape index (κ1) is 19.6. The predicted octanol–water partition coefficient (Wildman–Crippen LogP) is 5.48. The molecule has 4 rings (SSSR count). The van der Waals surface area contributed by atoms with Crippen molar-refractivity contribution in [2.75, 3.05) is 5.32 Å². The van der Waals surface area contributed by atoms with Gasteiger partial charge in [0, 0.05) is 18.0 Å². The van der Waals surface area contributed by atoms with Gasteiger partial charge in [-0.3, -0.25) is 9.78 Å². The van der Waals surface area contributed by atoms with E-state index in [1.54, 1.807) is 23.6 Å². The van der Waals surface area contributed by atoms with E-state index in [-0.39, 0.29) is 5.56 Å². The van der Waals surface area contributed by atoms with E-state index in [0.29, 0.717) is 5.82 Å². The SMILES string of the molecule is CC.Cc1cc2scnc2cc1-c1ccc(NC(=O)c2ccncc2F)nc1. The van der Waals surface area contributed by atoms with Crippen molar-refractivity contribution in [1.29, 1.82) is 0 Å². The van der Waals surface area contributed by atoms with E-state index in [0.717, 1.165) is 33.1 Å². The summed E-state index contributed by atoms with van der Waals surface area (Å²) in [6, 6.07) is 9.02. The first-order valence-corrected chi connectivity index (χ1v) is 9.71. The monoisotopic (exact) mass is 394 g/mol. The molecule has 0 saturated carbocycles. The number of carbonyl (C=O) groups is 1. The van der Waals surface area contributed by atoms with Crippen LogP contribution in [0.2, 0.25) is 0 Å². The molecular weight excluding hydrogens is 375 g/mol. The van der Waals surface area contributed by atoms with Crippen LogP contribution >= 0.6 is 11.3 Å². The van der Waals surface area contributed by atoms with Gasteiger partial charge in [0.25, 0.3) is 5.91 Å². The van der Waals surface area contributed by atoms with Crippen molar-refractivity contribution in [3.05, 3.63) is 71.4 Å². The van der Waals surface area contributed by atoms with Crippen molar-refractivity contribution >= 4 is 33.3 Å². The molecule has 1 amide bonds. The second-order valence-corrected chi connectivity index (χ2v) is 6.62. The number of fused-ring (bicyclic) bond motifs is 1. The van der Waals surface area contributed by atoms with Crippen molar-refractivity contribution in [2.45, 2.75) is 20.8 Å². The van der Waals surface area contributed by atoms with Crippen LogP contribution in [0.4, 0.5) is 10.2 Å². The van der Waals surface area contributed by atoms with Crippen LogP contribution in [-0.2, 0) is 0 Å². The van der Waals surface area contributed by atoms with Gasteiger partial charge in [-0.05, 0) is 48.4 Å². The van der Waals surface area contributed by atoms with Crippen LogP contribution in [0.15, 0.2) is 54.4 Å². The fourth-order valence-corrected chi connectivity index (χ4v) is 3.44. The summed E-state index contributed by atoms with van der Waals surface area (Å²) in [5.41, 5.74) is 5.78. The van der Waals surface area contributed by atoms with Gasteiger partial charge < -0.3 is 5.32 Å². The lowest BCUT2D eigenvalue weighted by molar-refractivity contribution is 0.102. The number of hydrogen-bond donors (Lipinski definition) is 1. The van der Waals surface area contributed by atoms with Crippen molar-refractivity contribution in [2.24, 2.45) is 0 Å². The molecule has 0 unspecified atom stereocenters. The Morgan fingerprint density at radius 3 is 2.64 bits per heavy atom. The van der Waals surface area contributed by atoms with Gasteiger partial charge in [0.2, 0.25) is 0 Å². The van der Waals surface area contributed by atoms with Crippen LogP contribution in [0.25, 0.3) is 21.3 Å². The average molecular weight is 394 g/mol. The normalized spacial score (nSPS) is 10.3. The highest BCUT2D eigenvalue weighted by molar-refractivity contribution is 7.16. The fourth-order valence-electron chi connectivity index (χ4n) is 2.69. The molecule has 1 aromatic carbocycles. The number of pyridine rings is 2. The molecule has 0 aliphatic heterocycles. The summed E-state index contributed by atoms with van der Waals surface area (Å²) in [4.78, 5) is 24.4. The molecular formula is C21H19FN4OS. The Hall–Kier alpha value is -3.19. The van der Waals surface area contributed by atoms with Crippen LogP contribution in [0.5, 0.6) is 0 Å². The minimum absolute atomic E-state index is 0.0734. The van der Waals surface area contributed by atoms with Crippen LogP contribution in [0, 0.1) is 12.7 Å². The van der Waals surface area contributed by atoms with Crippen molar-refractivity contribution in [1.82, 2.24) is 15.0 Å². The molecule has 5 nitrogen and oxygen atoms in total. The maximum Gasteiger partial charge on any atom is 0.259 e. The Morgan fingerprint density at radius 2 is 1.93 bits per heavy atom. The Morgan fingerprint density at radius 1 is 1.11 bits per heavy atom. The number of nitrogens with one attached hydrogen (secondary N) is 1. The number of aryl methyl sites for hydroxylation is 1. The van der Waals surface area contributed by atoms with Crippen LogP contribution in [0.1, 0.15) is 29.8 Å². The molecule has 4 aromatic rings. The van der Waals surface area contributed by atoms with Gasteiger partial charge in [-0.1, -0.05) is 13.8 Å². The molecule has 142 valence electrons. The molecule has 0 fully saturated rings. The summed E-state index contributed by atoms with van der Waals surface area (Å²) in [7, 11) is 0. The number of thiazole rings is 1. The standard InChI is InChI=1S/C19H13FN4OS.C2H6/c1-11-6-17-16(23-10-26-17)7-14(11)12-2-3-18(22-8-12)24-19(25)13-4-5-21-9-15(13)20;1-2/h2-10H,1H3,(H,22,24,25);1-2H3. The Kier molecular flexibility index (Phi) is 6.06. The zero-order valence-corrected chi connectivity index (χ0v) is 16.5. The number of aromatic nitrogens is 3. The molecule has 0 saturated heterocycles. The van der Waals surface area contributed by atoms with Gasteiger partial charge in [0.1, 0.15) is 5.82 Å². The van der Waals surface area contributed by atoms with E-state index in [1.165, 1.54) is 12.3 Å². The summed E-state index contributed by atoms with van der Waals surface area (Å²) < 4.78 is 14.8. The van der Waals surface area contributed by atoms with Crippen molar-refractivity contribution < 1.29 is 9.18 Å². The van der Waals surface area contributed by atoms with Crippen LogP contribution in [0.3, 0.4) is 0 Å². The number of benzene rings is 1. The number of nitrogens with zero attached hydrogens (tertiary/aromatic N) is 3. The lowest BCUT2D eigenvalue weighted by atomic mass is 10.0. The lowest BCUT2D eigenvalue weighted by Gasteiger charge is -2.08. The predicted molar refractivity (Wildman–Crippen MR) is 111 cm³/mol. The quantitative estimate of drug-likeness (QED) is 0.500. The number of carbonyl (C=O) groups excluding carboxylic acids is 1. The van der Waals surface area contributed by atoms with Crippen molar-refractivity contribution in [3.8, 4) is 11.1 Å². The van der Waals surface area contributed by atoms with Crippen LogP contribution in [-0.4, -0.2) is 20.9 Å². The molecule has 0 radical (unpaired) electrons. The van der Waals surface area contributed by atoms with E-state index in [2.05, 4.69) is 26.3 Å². The first-order chi connectivity index (χ1) is 13.6. The topological polar surface area (TPSA) is 67.8 Å². The summed E-state index contributed by atoms with van der Waals surface area (Å²) in [6.45, 7) is 6.04. The molecule has 28 heavy (non-hydrogen) atoms. The molecule has 3 heterocycles. The molecule has 0 spiro atoms. The van der Waals surface area contributed by atoms with E-state index >= 15 is 0 Å². The first-order valence-electron chi connectivity index (χ1n) is 8.83. The lowest BCUT2D eigenvalue weighted by Crippen LogP contribution is -2.14. The highest BCUT2D eigenvalue weighted by Crippen LogP contribution is 2.29.